The number of hydrogen-bond donors (Lipinski definition) is 1. The van der Waals surface area contributed by atoms with Crippen molar-refractivity contribution in [3.63, 3.8) is 0 Å². The molecule has 0 heterocycles. The van der Waals surface area contributed by atoms with Gasteiger partial charge in [-0.2, -0.15) is 0 Å². The fraction of sp³-hybridized carbons (Fsp3) is 0.467. The van der Waals surface area contributed by atoms with Gasteiger partial charge in [-0.25, -0.2) is 0 Å². The SMILES string of the molecule is CC(C)C(=O)C(=O)N[C@@H](C)COCc1ccccc1. The Morgan fingerprint density at radius 3 is 2.37 bits per heavy atom. The molecule has 4 nitrogen and oxygen atoms in total. The molecule has 1 N–H and O–H groups in total. The molecule has 0 saturated carbocycles. The van der Waals surface area contributed by atoms with Gasteiger partial charge in [-0.15, -0.1) is 0 Å². The van der Waals surface area contributed by atoms with Gasteiger partial charge in [-0.05, 0) is 12.5 Å². The second-order valence-electron chi connectivity index (χ2n) is 4.89. The van der Waals surface area contributed by atoms with Crippen LogP contribution in [0.5, 0.6) is 0 Å². The van der Waals surface area contributed by atoms with E-state index in [9.17, 15) is 9.59 Å². The summed E-state index contributed by atoms with van der Waals surface area (Å²) in [6.45, 7) is 6.11. The summed E-state index contributed by atoms with van der Waals surface area (Å²) in [6.07, 6.45) is 0. The first-order valence-corrected chi connectivity index (χ1v) is 6.47. The zero-order valence-electron chi connectivity index (χ0n) is 11.7. The fourth-order valence-electron chi connectivity index (χ4n) is 1.53. The summed E-state index contributed by atoms with van der Waals surface area (Å²) in [5.41, 5.74) is 1.08. The molecule has 0 bridgehead atoms. The van der Waals surface area contributed by atoms with Gasteiger partial charge in [-0.3, -0.25) is 9.59 Å². The van der Waals surface area contributed by atoms with E-state index >= 15 is 0 Å². The van der Waals surface area contributed by atoms with Gasteiger partial charge in [0.15, 0.2) is 0 Å². The van der Waals surface area contributed by atoms with Gasteiger partial charge in [0, 0.05) is 12.0 Å². The first kappa shape index (κ1) is 15.4. The zero-order valence-corrected chi connectivity index (χ0v) is 11.7. The standard InChI is InChI=1S/C15H21NO3/c1-11(2)14(17)15(18)16-12(3)9-19-10-13-7-5-4-6-8-13/h4-8,11-12H,9-10H2,1-3H3,(H,16,18)/t12-/m0/s1. The van der Waals surface area contributed by atoms with Gasteiger partial charge < -0.3 is 10.1 Å². The third-order valence-corrected chi connectivity index (χ3v) is 2.61. The lowest BCUT2D eigenvalue weighted by atomic mass is 10.1. The highest BCUT2D eigenvalue weighted by Crippen LogP contribution is 2.01. The molecule has 0 saturated heterocycles. The smallest absolute Gasteiger partial charge is 0.287 e. The van der Waals surface area contributed by atoms with Crippen molar-refractivity contribution >= 4 is 11.7 Å². The Kier molecular flexibility index (Phi) is 6.22. The molecule has 1 atom stereocenters. The molecule has 0 aliphatic heterocycles. The Morgan fingerprint density at radius 1 is 1.16 bits per heavy atom. The number of rotatable bonds is 7. The van der Waals surface area contributed by atoms with Gasteiger partial charge in [0.2, 0.25) is 5.78 Å². The number of hydrogen-bond acceptors (Lipinski definition) is 3. The molecule has 104 valence electrons. The van der Waals surface area contributed by atoms with E-state index in [1.807, 2.05) is 37.3 Å². The molecule has 0 spiro atoms. The lowest BCUT2D eigenvalue weighted by molar-refractivity contribution is -0.140. The number of ether oxygens (including phenoxy) is 1. The Labute approximate surface area is 114 Å². The summed E-state index contributed by atoms with van der Waals surface area (Å²) in [6, 6.07) is 9.62. The number of nitrogens with one attached hydrogen (secondary N) is 1. The minimum atomic E-state index is -0.536. The van der Waals surface area contributed by atoms with E-state index < -0.39 is 11.7 Å². The lowest BCUT2D eigenvalue weighted by Gasteiger charge is -2.14. The summed E-state index contributed by atoms with van der Waals surface area (Å²) in [5, 5.41) is 2.63. The molecule has 0 aliphatic carbocycles. The van der Waals surface area contributed by atoms with Crippen LogP contribution >= 0.6 is 0 Å². The molecule has 1 aromatic rings. The van der Waals surface area contributed by atoms with Crippen molar-refractivity contribution in [1.82, 2.24) is 5.32 Å². The minimum absolute atomic E-state index is 0.182. The van der Waals surface area contributed by atoms with E-state index in [-0.39, 0.29) is 12.0 Å². The Balaban J connectivity index is 2.26. The Hall–Kier alpha value is -1.68. The van der Waals surface area contributed by atoms with Gasteiger partial charge in [0.1, 0.15) is 0 Å². The van der Waals surface area contributed by atoms with Crippen molar-refractivity contribution in [3.05, 3.63) is 35.9 Å². The molecule has 4 heteroatoms. The fourth-order valence-corrected chi connectivity index (χ4v) is 1.53. The first-order valence-electron chi connectivity index (χ1n) is 6.47. The van der Waals surface area contributed by atoms with Crippen LogP contribution in [0.1, 0.15) is 26.3 Å². The van der Waals surface area contributed by atoms with Crippen LogP contribution in [-0.2, 0) is 20.9 Å². The first-order chi connectivity index (χ1) is 9.00. The van der Waals surface area contributed by atoms with Crippen LogP contribution in [0, 0.1) is 5.92 Å². The number of ketones is 1. The molecule has 0 aromatic heterocycles. The highest BCUT2D eigenvalue weighted by atomic mass is 16.5. The molecule has 1 amide bonds. The average Bonchev–Trinajstić information content (AvgIpc) is 2.38. The third-order valence-electron chi connectivity index (χ3n) is 2.61. The number of Topliss-reactive ketones (excluding diaryl/α,β-unsaturated/α-hetero) is 1. The van der Waals surface area contributed by atoms with Gasteiger partial charge in [-0.1, -0.05) is 44.2 Å². The van der Waals surface area contributed by atoms with Crippen LogP contribution in [0.2, 0.25) is 0 Å². The summed E-state index contributed by atoms with van der Waals surface area (Å²) in [4.78, 5) is 22.9. The highest BCUT2D eigenvalue weighted by Gasteiger charge is 2.18. The van der Waals surface area contributed by atoms with Crippen molar-refractivity contribution in [2.45, 2.75) is 33.4 Å². The molecule has 1 aromatic carbocycles. The van der Waals surface area contributed by atoms with Crippen LogP contribution in [0.4, 0.5) is 0 Å². The lowest BCUT2D eigenvalue weighted by Crippen LogP contribution is -2.41. The van der Waals surface area contributed by atoms with E-state index in [1.54, 1.807) is 13.8 Å². The number of carbonyl (C=O) groups is 2. The maximum Gasteiger partial charge on any atom is 0.287 e. The average molecular weight is 263 g/mol. The van der Waals surface area contributed by atoms with E-state index in [0.29, 0.717) is 13.2 Å². The van der Waals surface area contributed by atoms with E-state index in [2.05, 4.69) is 5.32 Å². The van der Waals surface area contributed by atoms with Crippen LogP contribution in [0.25, 0.3) is 0 Å². The minimum Gasteiger partial charge on any atom is -0.375 e. The number of carbonyl (C=O) groups excluding carboxylic acids is 2. The number of amides is 1. The summed E-state index contributed by atoms with van der Waals surface area (Å²) >= 11 is 0. The van der Waals surface area contributed by atoms with Gasteiger partial charge in [0.05, 0.1) is 13.2 Å². The van der Waals surface area contributed by atoms with Crippen molar-refractivity contribution in [1.29, 1.82) is 0 Å². The maximum atomic E-state index is 11.5. The predicted octanol–water partition coefficient (Wildman–Crippen LogP) is 1.93. The molecule has 0 unspecified atom stereocenters. The number of benzene rings is 1. The second-order valence-corrected chi connectivity index (χ2v) is 4.89. The molecular formula is C15H21NO3. The summed E-state index contributed by atoms with van der Waals surface area (Å²) in [7, 11) is 0. The quantitative estimate of drug-likeness (QED) is 0.765. The predicted molar refractivity (Wildman–Crippen MR) is 73.5 cm³/mol. The molecule has 0 radical (unpaired) electrons. The van der Waals surface area contributed by atoms with Crippen molar-refractivity contribution in [2.75, 3.05) is 6.61 Å². The van der Waals surface area contributed by atoms with E-state index in [0.717, 1.165) is 5.56 Å². The van der Waals surface area contributed by atoms with Crippen LogP contribution in [-0.4, -0.2) is 24.3 Å². The molecule has 0 aliphatic rings. The molecule has 1 rings (SSSR count). The Bertz CT molecular complexity index is 415. The van der Waals surface area contributed by atoms with Crippen molar-refractivity contribution < 1.29 is 14.3 Å². The van der Waals surface area contributed by atoms with Crippen LogP contribution < -0.4 is 5.32 Å². The molecule has 0 fully saturated rings. The largest absolute Gasteiger partial charge is 0.375 e. The maximum absolute atomic E-state index is 11.5. The summed E-state index contributed by atoms with van der Waals surface area (Å²) in [5.74, 6) is -1.21. The van der Waals surface area contributed by atoms with Gasteiger partial charge in [0.25, 0.3) is 5.91 Å². The van der Waals surface area contributed by atoms with Crippen molar-refractivity contribution in [2.24, 2.45) is 5.92 Å². The van der Waals surface area contributed by atoms with E-state index in [1.165, 1.54) is 0 Å². The Morgan fingerprint density at radius 2 is 1.79 bits per heavy atom. The van der Waals surface area contributed by atoms with Crippen LogP contribution in [0.15, 0.2) is 30.3 Å². The van der Waals surface area contributed by atoms with Crippen LogP contribution in [0.3, 0.4) is 0 Å². The monoisotopic (exact) mass is 263 g/mol. The zero-order chi connectivity index (χ0) is 14.3. The normalized spacial score (nSPS) is 12.2. The summed E-state index contributed by atoms with van der Waals surface area (Å²) < 4.78 is 5.50. The van der Waals surface area contributed by atoms with E-state index in [4.69, 9.17) is 4.74 Å². The third kappa shape index (κ3) is 5.66. The highest BCUT2D eigenvalue weighted by molar-refractivity contribution is 6.36. The van der Waals surface area contributed by atoms with Crippen molar-refractivity contribution in [3.8, 4) is 0 Å². The molecular weight excluding hydrogens is 242 g/mol. The molecule has 19 heavy (non-hydrogen) atoms. The topological polar surface area (TPSA) is 55.4 Å². The van der Waals surface area contributed by atoms with Gasteiger partial charge >= 0.3 is 0 Å². The second kappa shape index (κ2) is 7.69.